The summed E-state index contributed by atoms with van der Waals surface area (Å²) in [5.41, 5.74) is 1.93. The lowest BCUT2D eigenvalue weighted by Crippen LogP contribution is -1.99. The van der Waals surface area contributed by atoms with E-state index in [-0.39, 0.29) is 5.69 Å². The zero-order valence-corrected chi connectivity index (χ0v) is 9.78. The van der Waals surface area contributed by atoms with Crippen molar-refractivity contribution in [2.75, 3.05) is 0 Å². The third-order valence-electron chi connectivity index (χ3n) is 3.13. The number of hydrogen-bond acceptors (Lipinski definition) is 5. The van der Waals surface area contributed by atoms with E-state index >= 15 is 0 Å². The van der Waals surface area contributed by atoms with Crippen LogP contribution in [0.15, 0.2) is 18.2 Å². The molecule has 2 aromatic rings. The average molecular weight is 245 g/mol. The lowest BCUT2D eigenvalue weighted by Gasteiger charge is -2.06. The summed E-state index contributed by atoms with van der Waals surface area (Å²) in [4.78, 5) is 10.5. The SMILES string of the molecule is Cn1nnnc1-c1cc([N+](=O)[O-])ccc1C1CC1. The Hall–Kier alpha value is -2.31. The number of nitrogens with zero attached hydrogens (tertiary/aromatic N) is 5. The molecule has 7 heteroatoms. The molecule has 0 amide bonds. The summed E-state index contributed by atoms with van der Waals surface area (Å²) in [5, 5.41) is 22.1. The van der Waals surface area contributed by atoms with Gasteiger partial charge in [-0.25, -0.2) is 4.68 Å². The minimum absolute atomic E-state index is 0.0670. The average Bonchev–Trinajstić information content (AvgIpc) is 3.11. The number of rotatable bonds is 3. The number of hydrogen-bond donors (Lipinski definition) is 0. The molecule has 92 valence electrons. The van der Waals surface area contributed by atoms with Crippen molar-refractivity contribution in [3.8, 4) is 11.4 Å². The predicted octanol–water partition coefficient (Wildman–Crippen LogP) is 1.66. The van der Waals surface area contributed by atoms with Gasteiger partial charge in [0.25, 0.3) is 5.69 Å². The quantitative estimate of drug-likeness (QED) is 0.606. The number of aromatic nitrogens is 4. The second-order valence-corrected chi connectivity index (χ2v) is 4.43. The molecule has 3 rings (SSSR count). The van der Waals surface area contributed by atoms with Crippen molar-refractivity contribution in [3.63, 3.8) is 0 Å². The van der Waals surface area contributed by atoms with E-state index in [0.29, 0.717) is 11.7 Å². The van der Waals surface area contributed by atoms with Gasteiger partial charge < -0.3 is 0 Å². The van der Waals surface area contributed by atoms with Crippen molar-refractivity contribution in [2.45, 2.75) is 18.8 Å². The first-order chi connectivity index (χ1) is 8.66. The number of aryl methyl sites for hydroxylation is 1. The second-order valence-electron chi connectivity index (χ2n) is 4.43. The second kappa shape index (κ2) is 3.86. The summed E-state index contributed by atoms with van der Waals surface area (Å²) in [6, 6.07) is 4.92. The zero-order chi connectivity index (χ0) is 12.7. The number of tetrazole rings is 1. The van der Waals surface area contributed by atoms with Crippen LogP contribution in [0.2, 0.25) is 0 Å². The first-order valence-corrected chi connectivity index (χ1v) is 5.68. The molecule has 1 fully saturated rings. The fourth-order valence-electron chi connectivity index (χ4n) is 2.06. The van der Waals surface area contributed by atoms with Crippen LogP contribution in [0.1, 0.15) is 24.3 Å². The first kappa shape index (κ1) is 10.8. The Bertz CT molecular complexity index is 618. The van der Waals surface area contributed by atoms with Crippen molar-refractivity contribution in [2.24, 2.45) is 7.05 Å². The van der Waals surface area contributed by atoms with E-state index in [1.807, 2.05) is 6.07 Å². The molecule has 1 saturated carbocycles. The molecule has 0 aliphatic heterocycles. The van der Waals surface area contributed by atoms with Gasteiger partial charge in [-0.05, 0) is 34.7 Å². The maximum Gasteiger partial charge on any atom is 0.270 e. The fourth-order valence-corrected chi connectivity index (χ4v) is 2.06. The topological polar surface area (TPSA) is 86.7 Å². The van der Waals surface area contributed by atoms with Gasteiger partial charge in [-0.1, -0.05) is 6.07 Å². The molecule has 7 nitrogen and oxygen atoms in total. The largest absolute Gasteiger partial charge is 0.270 e. The zero-order valence-electron chi connectivity index (χ0n) is 9.78. The Morgan fingerprint density at radius 2 is 2.22 bits per heavy atom. The maximum atomic E-state index is 10.9. The summed E-state index contributed by atoms with van der Waals surface area (Å²) in [6.45, 7) is 0. The van der Waals surface area contributed by atoms with E-state index in [1.54, 1.807) is 19.2 Å². The minimum atomic E-state index is -0.399. The molecule has 1 heterocycles. The highest BCUT2D eigenvalue weighted by Gasteiger charge is 2.29. The molecule has 0 spiro atoms. The van der Waals surface area contributed by atoms with Crippen LogP contribution in [-0.2, 0) is 7.05 Å². The summed E-state index contributed by atoms with van der Waals surface area (Å²) in [7, 11) is 1.73. The van der Waals surface area contributed by atoms with Gasteiger partial charge in [-0.2, -0.15) is 0 Å². The summed E-state index contributed by atoms with van der Waals surface area (Å²) >= 11 is 0. The van der Waals surface area contributed by atoms with Crippen molar-refractivity contribution >= 4 is 5.69 Å². The third-order valence-corrected chi connectivity index (χ3v) is 3.13. The molecule has 1 aliphatic rings. The summed E-state index contributed by atoms with van der Waals surface area (Å²) in [6.07, 6.45) is 2.24. The molecule has 1 aromatic carbocycles. The van der Waals surface area contributed by atoms with E-state index in [0.717, 1.165) is 24.0 Å². The van der Waals surface area contributed by atoms with Crippen LogP contribution in [0.4, 0.5) is 5.69 Å². The van der Waals surface area contributed by atoms with Gasteiger partial charge in [0.1, 0.15) is 0 Å². The van der Waals surface area contributed by atoms with E-state index in [2.05, 4.69) is 15.5 Å². The molecule has 1 aromatic heterocycles. The maximum absolute atomic E-state index is 10.9. The number of non-ortho nitro benzene ring substituents is 1. The molecule has 0 radical (unpaired) electrons. The standard InChI is InChI=1S/C11H11N5O2/c1-15-11(12-13-14-15)10-6-8(16(17)18)4-5-9(10)7-2-3-7/h4-7H,2-3H2,1H3. The van der Waals surface area contributed by atoms with Gasteiger partial charge in [-0.3, -0.25) is 10.1 Å². The third kappa shape index (κ3) is 1.73. The van der Waals surface area contributed by atoms with Crippen molar-refractivity contribution in [1.29, 1.82) is 0 Å². The Morgan fingerprint density at radius 1 is 1.44 bits per heavy atom. The van der Waals surface area contributed by atoms with Gasteiger partial charge in [0.05, 0.1) is 4.92 Å². The smallest absolute Gasteiger partial charge is 0.258 e. The van der Waals surface area contributed by atoms with E-state index < -0.39 is 4.92 Å². The van der Waals surface area contributed by atoms with E-state index in [9.17, 15) is 10.1 Å². The van der Waals surface area contributed by atoms with Crippen LogP contribution in [0, 0.1) is 10.1 Å². The first-order valence-electron chi connectivity index (χ1n) is 5.68. The fraction of sp³-hybridized carbons (Fsp3) is 0.364. The Labute approximate surface area is 103 Å². The molecule has 0 N–H and O–H groups in total. The van der Waals surface area contributed by atoms with E-state index in [1.165, 1.54) is 4.68 Å². The molecule has 0 atom stereocenters. The van der Waals surface area contributed by atoms with Crippen molar-refractivity contribution in [1.82, 2.24) is 20.2 Å². The van der Waals surface area contributed by atoms with Gasteiger partial charge in [0.2, 0.25) is 0 Å². The van der Waals surface area contributed by atoms with Crippen molar-refractivity contribution in [3.05, 3.63) is 33.9 Å². The molecular formula is C11H11N5O2. The number of nitro groups is 1. The van der Waals surface area contributed by atoms with Crippen molar-refractivity contribution < 1.29 is 4.92 Å². The molecule has 1 aliphatic carbocycles. The molecular weight excluding hydrogens is 234 g/mol. The van der Waals surface area contributed by atoms with Crippen LogP contribution < -0.4 is 0 Å². The van der Waals surface area contributed by atoms with Crippen LogP contribution in [-0.4, -0.2) is 25.1 Å². The lowest BCUT2D eigenvalue weighted by molar-refractivity contribution is -0.384. The van der Waals surface area contributed by atoms with E-state index in [4.69, 9.17) is 0 Å². The summed E-state index contributed by atoms with van der Waals surface area (Å²) in [5.74, 6) is 1.05. The van der Waals surface area contributed by atoms with Crippen LogP contribution >= 0.6 is 0 Å². The predicted molar refractivity (Wildman–Crippen MR) is 62.9 cm³/mol. The van der Waals surface area contributed by atoms with Crippen LogP contribution in [0.5, 0.6) is 0 Å². The lowest BCUT2D eigenvalue weighted by atomic mass is 10.0. The Balaban J connectivity index is 2.17. The summed E-state index contributed by atoms with van der Waals surface area (Å²) < 4.78 is 1.53. The number of nitro benzene ring substituents is 1. The molecule has 0 bridgehead atoms. The van der Waals surface area contributed by atoms with Crippen LogP contribution in [0.25, 0.3) is 11.4 Å². The molecule has 0 saturated heterocycles. The van der Waals surface area contributed by atoms with Gasteiger partial charge in [0, 0.05) is 24.7 Å². The Morgan fingerprint density at radius 3 is 2.78 bits per heavy atom. The Kier molecular flexibility index (Phi) is 2.32. The monoisotopic (exact) mass is 245 g/mol. The van der Waals surface area contributed by atoms with Gasteiger partial charge in [-0.15, -0.1) is 5.10 Å². The highest BCUT2D eigenvalue weighted by Crippen LogP contribution is 2.44. The number of benzene rings is 1. The molecule has 18 heavy (non-hydrogen) atoms. The normalized spacial score (nSPS) is 14.7. The minimum Gasteiger partial charge on any atom is -0.258 e. The highest BCUT2D eigenvalue weighted by molar-refractivity contribution is 5.65. The van der Waals surface area contributed by atoms with Crippen LogP contribution in [0.3, 0.4) is 0 Å². The van der Waals surface area contributed by atoms with Gasteiger partial charge in [0.15, 0.2) is 5.82 Å². The molecule has 0 unspecified atom stereocenters. The van der Waals surface area contributed by atoms with Gasteiger partial charge >= 0.3 is 0 Å². The highest BCUT2D eigenvalue weighted by atomic mass is 16.6.